The van der Waals surface area contributed by atoms with E-state index in [2.05, 4.69) is 19.2 Å². The minimum absolute atomic E-state index is 0.00360. The predicted octanol–water partition coefficient (Wildman–Crippen LogP) is 6.57. The lowest BCUT2D eigenvalue weighted by molar-refractivity contribution is -0.256. The summed E-state index contributed by atoms with van der Waals surface area (Å²) in [6.07, 6.45) is 9.87. The van der Waals surface area contributed by atoms with Crippen molar-refractivity contribution in [1.82, 2.24) is 4.90 Å². The Morgan fingerprint density at radius 2 is 1.71 bits per heavy atom. The van der Waals surface area contributed by atoms with Crippen LogP contribution in [0.3, 0.4) is 0 Å². The summed E-state index contributed by atoms with van der Waals surface area (Å²) in [5, 5.41) is 33.9. The van der Waals surface area contributed by atoms with Gasteiger partial charge < -0.3 is 48.6 Å². The van der Waals surface area contributed by atoms with E-state index in [0.717, 1.165) is 42.4 Å². The van der Waals surface area contributed by atoms with Crippen LogP contribution in [0.15, 0.2) is 90.6 Å². The number of amides is 1. The molecule has 3 N–H and O–H groups in total. The number of nitrogens with zero attached hydrogens (tertiary/aromatic N) is 2. The maximum atomic E-state index is 14.5. The third kappa shape index (κ3) is 11.7. The summed E-state index contributed by atoms with van der Waals surface area (Å²) in [6.45, 7) is 11.4. The quantitative estimate of drug-likeness (QED) is 0.0509. The van der Waals surface area contributed by atoms with Crippen LogP contribution in [0, 0.1) is 17.8 Å². The second-order valence-corrected chi connectivity index (χ2v) is 15.0. The third-order valence-electron chi connectivity index (χ3n) is 11.2. The lowest BCUT2D eigenvalue weighted by atomic mass is 9.55. The van der Waals surface area contributed by atoms with Gasteiger partial charge in [0.1, 0.15) is 37.4 Å². The zero-order valence-corrected chi connectivity index (χ0v) is 34.6. The van der Waals surface area contributed by atoms with E-state index in [1.54, 1.807) is 17.1 Å². The third-order valence-corrected chi connectivity index (χ3v) is 11.2. The molecule has 2 aliphatic carbocycles. The summed E-state index contributed by atoms with van der Waals surface area (Å²) in [4.78, 5) is 21.9. The Labute approximate surface area is 349 Å². The fourth-order valence-electron chi connectivity index (χ4n) is 8.77. The number of rotatable bonds is 27. The molecule has 6 unspecified atom stereocenters. The molecule has 3 aliphatic rings. The molecule has 13 heteroatoms. The van der Waals surface area contributed by atoms with Gasteiger partial charge in [0.2, 0.25) is 5.79 Å². The monoisotopic (exact) mass is 820 g/mol. The van der Waals surface area contributed by atoms with Gasteiger partial charge in [0.05, 0.1) is 51.3 Å². The SMILES string of the molecule is C=CCOc1ccc2c(c1)C1C(CCCCO)C(CCCCO)C=C3C(=NOCC)CC(N(CCOCCO)C(=O)OCCOCc4ccccc4)C(OCC=C)(O2)C31. The van der Waals surface area contributed by atoms with Crippen molar-refractivity contribution < 1.29 is 53.4 Å². The Hall–Kier alpha value is -4.24. The molecule has 0 bridgehead atoms. The second kappa shape index (κ2) is 24.1. The Bertz CT molecular complexity index is 1670. The van der Waals surface area contributed by atoms with E-state index < -0.39 is 23.8 Å². The van der Waals surface area contributed by atoms with Crippen LogP contribution in [0.2, 0.25) is 0 Å². The van der Waals surface area contributed by atoms with E-state index in [-0.39, 0.29) is 83.6 Å². The van der Waals surface area contributed by atoms with E-state index >= 15 is 0 Å². The molecule has 1 aliphatic heterocycles. The van der Waals surface area contributed by atoms with Crippen molar-refractivity contribution in [2.75, 3.05) is 72.6 Å². The molecule has 0 radical (unpaired) electrons. The van der Waals surface area contributed by atoms with Gasteiger partial charge >= 0.3 is 6.09 Å². The van der Waals surface area contributed by atoms with Gasteiger partial charge in [-0.3, -0.25) is 4.90 Å². The van der Waals surface area contributed by atoms with E-state index in [1.807, 2.05) is 55.5 Å². The zero-order valence-electron chi connectivity index (χ0n) is 34.6. The largest absolute Gasteiger partial charge is 0.490 e. The van der Waals surface area contributed by atoms with E-state index in [9.17, 15) is 20.1 Å². The summed E-state index contributed by atoms with van der Waals surface area (Å²) in [6, 6.07) is 14.8. The number of hydrogen-bond donors (Lipinski definition) is 3. The van der Waals surface area contributed by atoms with Crippen molar-refractivity contribution in [1.29, 1.82) is 0 Å². The highest BCUT2D eigenvalue weighted by Crippen LogP contribution is 2.62. The fourth-order valence-corrected chi connectivity index (χ4v) is 8.77. The zero-order chi connectivity index (χ0) is 41.9. The molecule has 2 aromatic carbocycles. The number of fused-ring (bicyclic) bond motifs is 2. The molecule has 5 rings (SSSR count). The molecular weight excluding hydrogens is 757 g/mol. The topological polar surface area (TPSA) is 158 Å². The summed E-state index contributed by atoms with van der Waals surface area (Å²) >= 11 is 0. The number of carbonyl (C=O) groups excluding carboxylic acids is 1. The number of benzene rings is 2. The summed E-state index contributed by atoms with van der Waals surface area (Å²) in [5.74, 6) is -0.734. The van der Waals surface area contributed by atoms with Crippen LogP contribution in [-0.2, 0) is 30.4 Å². The Morgan fingerprint density at radius 1 is 0.932 bits per heavy atom. The maximum absolute atomic E-state index is 14.5. The number of ether oxygens (including phenoxy) is 6. The average molecular weight is 821 g/mol. The number of aliphatic hydroxyl groups excluding tert-OH is 3. The Kier molecular flexibility index (Phi) is 18.7. The number of carbonyl (C=O) groups is 1. The number of hydrogen-bond acceptors (Lipinski definition) is 12. The summed E-state index contributed by atoms with van der Waals surface area (Å²) < 4.78 is 37.9. The van der Waals surface area contributed by atoms with Crippen LogP contribution in [-0.4, -0.2) is 116 Å². The van der Waals surface area contributed by atoms with Gasteiger partial charge in [0.15, 0.2) is 0 Å². The lowest BCUT2D eigenvalue weighted by Crippen LogP contribution is -2.70. The number of allylic oxidation sites excluding steroid dienone is 1. The standard InChI is InChI=1S/C46H64N2O11/c1-4-24-55-36-18-19-41-39(31-36)43-37(17-11-13-22-50)35(16-10-12-21-49)30-38-40(47-58-6-3)32-42(46(59-41,44(38)43)57-25-5-2)48(20-26-53-27-23-51)45(52)56-29-28-54-33-34-14-8-7-9-15-34/h4-5,7-9,14-15,18-19,30-31,35,37,42-44,49-51H,1-2,6,10-13,16-17,20-29,32-33H2,3H3. The van der Waals surface area contributed by atoms with Crippen LogP contribution in [0.25, 0.3) is 0 Å². The first-order chi connectivity index (χ1) is 29.0. The van der Waals surface area contributed by atoms with Crippen molar-refractivity contribution >= 4 is 11.8 Å². The van der Waals surface area contributed by atoms with Gasteiger partial charge in [-0.05, 0) is 73.8 Å². The molecule has 6 atom stereocenters. The highest BCUT2D eigenvalue weighted by molar-refractivity contribution is 6.03. The van der Waals surface area contributed by atoms with Crippen LogP contribution in [0.1, 0.15) is 68.9 Å². The Morgan fingerprint density at radius 3 is 2.44 bits per heavy atom. The van der Waals surface area contributed by atoms with Gasteiger partial charge in [0, 0.05) is 37.7 Å². The minimum atomic E-state index is -1.46. The Balaban J connectivity index is 1.64. The van der Waals surface area contributed by atoms with Crippen LogP contribution in [0.4, 0.5) is 4.79 Å². The molecule has 59 heavy (non-hydrogen) atoms. The van der Waals surface area contributed by atoms with Crippen LogP contribution >= 0.6 is 0 Å². The molecule has 1 amide bonds. The molecule has 2 aromatic rings. The van der Waals surface area contributed by atoms with Gasteiger partial charge in [0.25, 0.3) is 0 Å². The molecule has 0 saturated heterocycles. The molecule has 0 aromatic heterocycles. The van der Waals surface area contributed by atoms with Crippen LogP contribution < -0.4 is 9.47 Å². The highest BCUT2D eigenvalue weighted by Gasteiger charge is 2.65. The average Bonchev–Trinajstić information content (AvgIpc) is 3.25. The predicted molar refractivity (Wildman–Crippen MR) is 224 cm³/mol. The maximum Gasteiger partial charge on any atom is 0.410 e. The fraction of sp³-hybridized carbons (Fsp3) is 0.565. The normalized spacial score (nSPS) is 23.6. The summed E-state index contributed by atoms with van der Waals surface area (Å²) in [7, 11) is 0. The van der Waals surface area contributed by atoms with Gasteiger partial charge in [-0.2, -0.15) is 0 Å². The van der Waals surface area contributed by atoms with Crippen molar-refractivity contribution in [3.63, 3.8) is 0 Å². The number of oxime groups is 1. The van der Waals surface area contributed by atoms with E-state index in [4.69, 9.17) is 38.4 Å². The van der Waals surface area contributed by atoms with E-state index in [0.29, 0.717) is 49.9 Å². The first-order valence-corrected chi connectivity index (χ1v) is 21.1. The number of aliphatic hydroxyl groups is 3. The van der Waals surface area contributed by atoms with Gasteiger partial charge in [-0.25, -0.2) is 4.79 Å². The first kappa shape index (κ1) is 45.8. The second-order valence-electron chi connectivity index (χ2n) is 15.0. The van der Waals surface area contributed by atoms with E-state index in [1.165, 1.54) is 0 Å². The first-order valence-electron chi connectivity index (χ1n) is 21.1. The van der Waals surface area contributed by atoms with Crippen molar-refractivity contribution in [2.45, 2.75) is 76.2 Å². The van der Waals surface area contributed by atoms with Crippen LogP contribution in [0.5, 0.6) is 11.5 Å². The molecule has 1 saturated carbocycles. The lowest BCUT2D eigenvalue weighted by Gasteiger charge is -2.59. The molecule has 1 heterocycles. The molecular formula is C46H64N2O11. The summed E-state index contributed by atoms with van der Waals surface area (Å²) in [5.41, 5.74) is 3.57. The minimum Gasteiger partial charge on any atom is -0.490 e. The highest BCUT2D eigenvalue weighted by atomic mass is 16.7. The molecule has 1 fully saturated rings. The van der Waals surface area contributed by atoms with Gasteiger partial charge in [-0.15, -0.1) is 6.58 Å². The smallest absolute Gasteiger partial charge is 0.410 e. The molecule has 0 spiro atoms. The van der Waals surface area contributed by atoms with Gasteiger partial charge in [-0.1, -0.05) is 73.1 Å². The molecule has 13 nitrogen and oxygen atoms in total. The molecule has 324 valence electrons. The number of unbranched alkanes of at least 4 members (excludes halogenated alkanes) is 2. The van der Waals surface area contributed by atoms with Crippen molar-refractivity contribution in [3.8, 4) is 11.5 Å². The van der Waals surface area contributed by atoms with Crippen molar-refractivity contribution in [2.24, 2.45) is 22.9 Å². The van der Waals surface area contributed by atoms with Crippen molar-refractivity contribution in [3.05, 3.63) is 96.6 Å².